The van der Waals surface area contributed by atoms with Gasteiger partial charge in [-0.3, -0.25) is 4.68 Å². The van der Waals surface area contributed by atoms with Gasteiger partial charge < -0.3 is 10.3 Å². The van der Waals surface area contributed by atoms with Crippen LogP contribution >= 0.6 is 0 Å². The van der Waals surface area contributed by atoms with E-state index in [1.54, 1.807) is 0 Å². The monoisotopic (exact) mass is 282 g/mol. The smallest absolute Gasteiger partial charge is 0.0645 e. The lowest BCUT2D eigenvalue weighted by atomic mass is 10.1. The Bertz CT molecular complexity index is 751. The Morgan fingerprint density at radius 2 is 2.05 bits per heavy atom. The molecule has 1 aromatic carbocycles. The summed E-state index contributed by atoms with van der Waals surface area (Å²) in [5, 5.41) is 5.80. The van der Waals surface area contributed by atoms with Crippen molar-refractivity contribution in [2.24, 2.45) is 5.73 Å². The molecule has 0 saturated heterocycles. The minimum atomic E-state index is 0.689. The molecule has 0 unspecified atom stereocenters. The standard InChI is InChI=1S/C17H22N4/c1-3-21-16(10-13(2)19-21)12-20-9-7-15-5-4-14(6-8-18)11-17(15)20/h4-5,7,9-11H,3,6,8,12,18H2,1-2H3. The first kappa shape index (κ1) is 13.9. The topological polar surface area (TPSA) is 48.8 Å². The van der Waals surface area contributed by atoms with Gasteiger partial charge in [0.25, 0.3) is 0 Å². The molecule has 0 fully saturated rings. The normalized spacial score (nSPS) is 11.4. The number of fused-ring (bicyclic) bond motifs is 1. The van der Waals surface area contributed by atoms with E-state index in [1.165, 1.54) is 22.2 Å². The summed E-state index contributed by atoms with van der Waals surface area (Å²) in [5.74, 6) is 0. The van der Waals surface area contributed by atoms with Crippen LogP contribution in [0.25, 0.3) is 10.9 Å². The summed E-state index contributed by atoms with van der Waals surface area (Å²) in [5.41, 5.74) is 10.5. The molecule has 21 heavy (non-hydrogen) atoms. The van der Waals surface area contributed by atoms with Crippen molar-refractivity contribution < 1.29 is 0 Å². The van der Waals surface area contributed by atoms with Gasteiger partial charge in [0.1, 0.15) is 0 Å². The van der Waals surface area contributed by atoms with Gasteiger partial charge in [-0.05, 0) is 56.0 Å². The Hall–Kier alpha value is -2.07. The number of nitrogens with zero attached hydrogens (tertiary/aromatic N) is 3. The molecule has 110 valence electrons. The maximum Gasteiger partial charge on any atom is 0.0645 e. The van der Waals surface area contributed by atoms with Crippen molar-refractivity contribution in [2.45, 2.75) is 33.4 Å². The van der Waals surface area contributed by atoms with Crippen molar-refractivity contribution in [2.75, 3.05) is 6.54 Å². The van der Waals surface area contributed by atoms with Gasteiger partial charge in [-0.1, -0.05) is 12.1 Å². The third-order valence-corrected chi connectivity index (χ3v) is 3.89. The van der Waals surface area contributed by atoms with Crippen molar-refractivity contribution in [3.8, 4) is 0 Å². The Balaban J connectivity index is 1.97. The zero-order valence-electron chi connectivity index (χ0n) is 12.7. The summed E-state index contributed by atoms with van der Waals surface area (Å²) < 4.78 is 4.36. The highest BCUT2D eigenvalue weighted by Gasteiger charge is 2.07. The summed E-state index contributed by atoms with van der Waals surface area (Å²) in [6, 6.07) is 10.9. The fourth-order valence-electron chi connectivity index (χ4n) is 2.86. The Labute approximate surface area is 125 Å². The highest BCUT2D eigenvalue weighted by molar-refractivity contribution is 5.81. The van der Waals surface area contributed by atoms with Gasteiger partial charge in [-0.2, -0.15) is 5.10 Å². The van der Waals surface area contributed by atoms with Crippen LogP contribution in [0.15, 0.2) is 36.5 Å². The maximum absolute atomic E-state index is 5.66. The zero-order valence-corrected chi connectivity index (χ0v) is 12.7. The minimum Gasteiger partial charge on any atom is -0.341 e. The Morgan fingerprint density at radius 1 is 1.19 bits per heavy atom. The average molecular weight is 282 g/mol. The van der Waals surface area contributed by atoms with Gasteiger partial charge in [0, 0.05) is 18.3 Å². The van der Waals surface area contributed by atoms with Crippen molar-refractivity contribution in [1.29, 1.82) is 0 Å². The van der Waals surface area contributed by atoms with Crippen LogP contribution < -0.4 is 5.73 Å². The first-order valence-electron chi connectivity index (χ1n) is 7.52. The third kappa shape index (κ3) is 2.72. The molecule has 0 amide bonds. The zero-order chi connectivity index (χ0) is 14.8. The van der Waals surface area contributed by atoms with Crippen LogP contribution in [0.5, 0.6) is 0 Å². The summed E-state index contributed by atoms with van der Waals surface area (Å²) >= 11 is 0. The van der Waals surface area contributed by atoms with Gasteiger partial charge in [0.15, 0.2) is 0 Å². The van der Waals surface area contributed by atoms with Gasteiger partial charge in [0.05, 0.1) is 17.9 Å². The summed E-state index contributed by atoms with van der Waals surface area (Å²) in [6.07, 6.45) is 3.08. The molecule has 0 aliphatic heterocycles. The molecule has 2 N–H and O–H groups in total. The summed E-state index contributed by atoms with van der Waals surface area (Å²) in [7, 11) is 0. The molecule has 4 heteroatoms. The fraction of sp³-hybridized carbons (Fsp3) is 0.353. The van der Waals surface area contributed by atoms with Gasteiger partial charge in [-0.25, -0.2) is 0 Å². The molecule has 2 heterocycles. The summed E-state index contributed by atoms with van der Waals surface area (Å²) in [4.78, 5) is 0. The largest absolute Gasteiger partial charge is 0.341 e. The second-order valence-corrected chi connectivity index (χ2v) is 5.47. The third-order valence-electron chi connectivity index (χ3n) is 3.89. The van der Waals surface area contributed by atoms with E-state index in [9.17, 15) is 0 Å². The lowest BCUT2D eigenvalue weighted by molar-refractivity contribution is 0.602. The lowest BCUT2D eigenvalue weighted by Crippen LogP contribution is -2.07. The van der Waals surface area contributed by atoms with Crippen LogP contribution in [0.2, 0.25) is 0 Å². The van der Waals surface area contributed by atoms with E-state index in [4.69, 9.17) is 5.73 Å². The predicted molar refractivity (Wildman–Crippen MR) is 86.4 cm³/mol. The number of hydrogen-bond acceptors (Lipinski definition) is 2. The number of aryl methyl sites for hydroxylation is 2. The average Bonchev–Trinajstić information content (AvgIpc) is 3.03. The predicted octanol–water partition coefficient (Wildman–Crippen LogP) is 2.72. The Morgan fingerprint density at radius 3 is 2.81 bits per heavy atom. The summed E-state index contributed by atoms with van der Waals surface area (Å²) in [6.45, 7) is 6.62. The minimum absolute atomic E-state index is 0.689. The molecule has 0 saturated carbocycles. The molecule has 0 aliphatic rings. The van der Waals surface area contributed by atoms with E-state index < -0.39 is 0 Å². The van der Waals surface area contributed by atoms with E-state index in [-0.39, 0.29) is 0 Å². The SMILES string of the molecule is CCn1nc(C)cc1Cn1ccc2ccc(CCN)cc21. The molecule has 3 rings (SSSR count). The molecule has 0 aliphatic carbocycles. The van der Waals surface area contributed by atoms with Crippen molar-refractivity contribution in [3.05, 3.63) is 53.5 Å². The van der Waals surface area contributed by atoms with E-state index in [2.05, 4.69) is 57.8 Å². The highest BCUT2D eigenvalue weighted by Crippen LogP contribution is 2.19. The molecule has 3 aromatic rings. The first-order valence-corrected chi connectivity index (χ1v) is 7.52. The number of hydrogen-bond donors (Lipinski definition) is 1. The second-order valence-electron chi connectivity index (χ2n) is 5.47. The van der Waals surface area contributed by atoms with Gasteiger partial charge >= 0.3 is 0 Å². The van der Waals surface area contributed by atoms with Crippen LogP contribution in [0, 0.1) is 6.92 Å². The van der Waals surface area contributed by atoms with E-state index in [0.29, 0.717) is 6.54 Å². The van der Waals surface area contributed by atoms with Crippen LogP contribution in [-0.4, -0.2) is 20.9 Å². The molecule has 0 bridgehead atoms. The number of rotatable bonds is 5. The second kappa shape index (κ2) is 5.74. The van der Waals surface area contributed by atoms with E-state index >= 15 is 0 Å². The van der Waals surface area contributed by atoms with Crippen molar-refractivity contribution in [1.82, 2.24) is 14.3 Å². The van der Waals surface area contributed by atoms with Crippen LogP contribution in [0.3, 0.4) is 0 Å². The van der Waals surface area contributed by atoms with Gasteiger partial charge in [-0.15, -0.1) is 0 Å². The molecular weight excluding hydrogens is 260 g/mol. The van der Waals surface area contributed by atoms with Crippen LogP contribution in [0.4, 0.5) is 0 Å². The maximum atomic E-state index is 5.66. The first-order chi connectivity index (χ1) is 10.2. The number of nitrogens with two attached hydrogens (primary N) is 1. The quantitative estimate of drug-likeness (QED) is 0.782. The molecule has 4 nitrogen and oxygen atoms in total. The van der Waals surface area contributed by atoms with Crippen molar-refractivity contribution >= 4 is 10.9 Å². The molecule has 0 radical (unpaired) electrons. The molecule has 0 spiro atoms. The number of aromatic nitrogens is 3. The van der Waals surface area contributed by atoms with Gasteiger partial charge in [0.2, 0.25) is 0 Å². The van der Waals surface area contributed by atoms with E-state index in [0.717, 1.165) is 25.2 Å². The molecule has 0 atom stereocenters. The van der Waals surface area contributed by atoms with Crippen LogP contribution in [-0.2, 0) is 19.5 Å². The molecule has 2 aromatic heterocycles. The molecular formula is C17H22N4. The highest BCUT2D eigenvalue weighted by atomic mass is 15.3. The van der Waals surface area contributed by atoms with Crippen molar-refractivity contribution in [3.63, 3.8) is 0 Å². The number of benzene rings is 1. The van der Waals surface area contributed by atoms with E-state index in [1.807, 2.05) is 6.92 Å². The fourth-order valence-corrected chi connectivity index (χ4v) is 2.86. The van der Waals surface area contributed by atoms with Crippen LogP contribution in [0.1, 0.15) is 23.9 Å². The Kier molecular flexibility index (Phi) is 3.80. The lowest BCUT2D eigenvalue weighted by Gasteiger charge is -2.08.